The maximum absolute atomic E-state index is 13.5. The Morgan fingerprint density at radius 3 is 1.76 bits per heavy atom. The van der Waals surface area contributed by atoms with Crippen molar-refractivity contribution < 1.29 is 42.5 Å². The second kappa shape index (κ2) is 11.2. The molecule has 0 radical (unpaired) electrons. The summed E-state index contributed by atoms with van der Waals surface area (Å²) in [5.41, 5.74) is 0.00610. The van der Waals surface area contributed by atoms with E-state index in [2.05, 4.69) is 4.98 Å². The summed E-state index contributed by atoms with van der Waals surface area (Å²) in [7, 11) is 0. The molecule has 2 aromatic carbocycles. The van der Waals surface area contributed by atoms with Gasteiger partial charge >= 0.3 is 23.9 Å². The van der Waals surface area contributed by atoms with Crippen LogP contribution in [-0.2, 0) is 18.9 Å². The molecule has 0 bridgehead atoms. The van der Waals surface area contributed by atoms with Crippen LogP contribution in [0.25, 0.3) is 33.1 Å². The number of hydrogen-bond acceptors (Lipinski definition) is 9. The summed E-state index contributed by atoms with van der Waals surface area (Å²) in [6.07, 6.45) is 1.53. The van der Waals surface area contributed by atoms with Gasteiger partial charge in [-0.25, -0.2) is 19.2 Å². The molecular weight excluding hydrogens is 494 g/mol. The lowest BCUT2D eigenvalue weighted by Crippen LogP contribution is -2.24. The number of fused-ring (bicyclic) bond motifs is 3. The molecule has 2 heterocycles. The molecule has 0 saturated carbocycles. The van der Waals surface area contributed by atoms with Crippen LogP contribution >= 0.6 is 0 Å². The third kappa shape index (κ3) is 4.60. The fourth-order valence-corrected chi connectivity index (χ4v) is 4.36. The summed E-state index contributed by atoms with van der Waals surface area (Å²) in [4.78, 5) is 56.6. The molecule has 0 amide bonds. The van der Waals surface area contributed by atoms with Gasteiger partial charge in [0.15, 0.2) is 0 Å². The number of rotatable bonds is 9. The summed E-state index contributed by atoms with van der Waals surface area (Å²) < 4.78 is 26.6. The molecule has 0 saturated heterocycles. The predicted molar refractivity (Wildman–Crippen MR) is 137 cm³/mol. The molecule has 0 aliphatic rings. The van der Waals surface area contributed by atoms with Gasteiger partial charge in [-0.2, -0.15) is 0 Å². The van der Waals surface area contributed by atoms with Crippen LogP contribution in [0, 0.1) is 0 Å². The Morgan fingerprint density at radius 1 is 0.711 bits per heavy atom. The highest BCUT2D eigenvalue weighted by Crippen LogP contribution is 2.39. The summed E-state index contributed by atoms with van der Waals surface area (Å²) >= 11 is 0. The molecule has 0 unspecified atom stereocenters. The van der Waals surface area contributed by atoms with Crippen molar-refractivity contribution in [3.05, 3.63) is 58.8 Å². The first kappa shape index (κ1) is 26.5. The van der Waals surface area contributed by atoms with Gasteiger partial charge in [-0.05, 0) is 58.0 Å². The molecule has 4 aromatic rings. The number of ether oxygens (including phenoxy) is 4. The van der Waals surface area contributed by atoms with Crippen LogP contribution < -0.4 is 0 Å². The van der Waals surface area contributed by atoms with E-state index in [-0.39, 0.29) is 48.5 Å². The van der Waals surface area contributed by atoms with Gasteiger partial charge in [-0.3, -0.25) is 0 Å². The normalized spacial score (nSPS) is 10.9. The lowest BCUT2D eigenvalue weighted by atomic mass is 9.90. The maximum atomic E-state index is 13.5. The second-order valence-corrected chi connectivity index (χ2v) is 7.99. The number of carbonyl (C=O) groups excluding carboxylic acids is 4. The predicted octanol–water partition coefficient (Wildman–Crippen LogP) is 5.29. The van der Waals surface area contributed by atoms with Crippen molar-refractivity contribution in [2.75, 3.05) is 26.4 Å². The number of hydrogen-bond donors (Lipinski definition) is 1. The average molecular weight is 522 g/mol. The van der Waals surface area contributed by atoms with Crippen LogP contribution in [0.1, 0.15) is 69.1 Å². The Bertz CT molecular complexity index is 1530. The number of aromatic amines is 1. The van der Waals surface area contributed by atoms with E-state index in [0.717, 1.165) is 0 Å². The first-order chi connectivity index (χ1) is 18.4. The summed E-state index contributed by atoms with van der Waals surface area (Å²) in [5, 5.41) is 0.689. The van der Waals surface area contributed by atoms with Crippen molar-refractivity contribution in [1.82, 2.24) is 4.98 Å². The standard InChI is InChI=1S/C28H27NO9/c1-5-34-25(30)20-19-16-14-15(18-10-9-13-38-18)11-12-17(16)29-24(19)23(28(33)37-8-4)22(27(32)36-7-3)21(20)26(31)35-6-2/h9-14,29H,5-8H2,1-4H3. The van der Waals surface area contributed by atoms with E-state index >= 15 is 0 Å². The van der Waals surface area contributed by atoms with Crippen LogP contribution in [0.3, 0.4) is 0 Å². The first-order valence-electron chi connectivity index (χ1n) is 12.2. The van der Waals surface area contributed by atoms with Crippen molar-refractivity contribution in [2.24, 2.45) is 0 Å². The van der Waals surface area contributed by atoms with Gasteiger partial charge in [0.1, 0.15) is 5.76 Å². The van der Waals surface area contributed by atoms with Crippen LogP contribution in [-0.4, -0.2) is 55.3 Å². The Morgan fingerprint density at radius 2 is 1.24 bits per heavy atom. The van der Waals surface area contributed by atoms with Crippen molar-refractivity contribution in [3.63, 3.8) is 0 Å². The average Bonchev–Trinajstić information content (AvgIpc) is 3.56. The molecule has 4 rings (SSSR count). The van der Waals surface area contributed by atoms with Gasteiger partial charge < -0.3 is 28.3 Å². The Labute approximate surface area is 217 Å². The highest BCUT2D eigenvalue weighted by Gasteiger charge is 2.37. The fourth-order valence-electron chi connectivity index (χ4n) is 4.36. The monoisotopic (exact) mass is 521 g/mol. The van der Waals surface area contributed by atoms with Crippen LogP contribution in [0.4, 0.5) is 0 Å². The van der Waals surface area contributed by atoms with Gasteiger partial charge in [-0.15, -0.1) is 0 Å². The minimum atomic E-state index is -0.985. The fraction of sp³-hybridized carbons (Fsp3) is 0.286. The molecular formula is C28H27NO9. The van der Waals surface area contributed by atoms with Gasteiger partial charge in [0.25, 0.3) is 0 Å². The molecule has 0 spiro atoms. The number of benzene rings is 2. The maximum Gasteiger partial charge on any atom is 0.341 e. The van der Waals surface area contributed by atoms with Crippen molar-refractivity contribution >= 4 is 45.7 Å². The number of nitrogens with one attached hydrogen (secondary N) is 1. The molecule has 1 N–H and O–H groups in total. The minimum absolute atomic E-state index is 0.000169. The lowest BCUT2D eigenvalue weighted by molar-refractivity contribution is 0.0446. The molecule has 0 fully saturated rings. The number of aromatic nitrogens is 1. The molecule has 0 aliphatic heterocycles. The van der Waals surface area contributed by atoms with E-state index in [1.165, 1.54) is 6.26 Å². The zero-order valence-corrected chi connectivity index (χ0v) is 21.5. The smallest absolute Gasteiger partial charge is 0.341 e. The lowest BCUT2D eigenvalue weighted by Gasteiger charge is -2.18. The second-order valence-electron chi connectivity index (χ2n) is 7.99. The molecule has 2 aromatic heterocycles. The zero-order chi connectivity index (χ0) is 27.4. The summed E-state index contributed by atoms with van der Waals surface area (Å²) in [6, 6.07) is 8.80. The summed E-state index contributed by atoms with van der Waals surface area (Å²) in [5.74, 6) is -3.15. The molecule has 38 heavy (non-hydrogen) atoms. The van der Waals surface area contributed by atoms with Gasteiger partial charge in [0.05, 0.1) is 60.5 Å². The van der Waals surface area contributed by atoms with E-state index in [1.54, 1.807) is 58.0 Å². The Hall–Kier alpha value is -4.60. The topological polar surface area (TPSA) is 134 Å². The van der Waals surface area contributed by atoms with Gasteiger partial charge in [0, 0.05) is 21.9 Å². The van der Waals surface area contributed by atoms with Crippen molar-refractivity contribution in [3.8, 4) is 11.3 Å². The third-order valence-corrected chi connectivity index (χ3v) is 5.77. The van der Waals surface area contributed by atoms with Gasteiger partial charge in [-0.1, -0.05) is 0 Å². The zero-order valence-electron chi connectivity index (χ0n) is 21.5. The molecule has 10 nitrogen and oxygen atoms in total. The summed E-state index contributed by atoms with van der Waals surface area (Å²) in [6.45, 7) is 6.29. The van der Waals surface area contributed by atoms with Gasteiger partial charge in [0.2, 0.25) is 0 Å². The highest BCUT2D eigenvalue weighted by molar-refractivity contribution is 6.28. The van der Waals surface area contributed by atoms with E-state index in [0.29, 0.717) is 22.2 Å². The molecule has 0 aliphatic carbocycles. The molecule has 198 valence electrons. The largest absolute Gasteiger partial charge is 0.464 e. The van der Waals surface area contributed by atoms with Crippen LogP contribution in [0.2, 0.25) is 0 Å². The highest BCUT2D eigenvalue weighted by atomic mass is 16.5. The number of H-pyrrole nitrogens is 1. The van der Waals surface area contributed by atoms with E-state index in [9.17, 15) is 19.2 Å². The Kier molecular flexibility index (Phi) is 7.80. The van der Waals surface area contributed by atoms with E-state index < -0.39 is 35.0 Å². The molecule has 0 atom stereocenters. The van der Waals surface area contributed by atoms with Crippen LogP contribution in [0.15, 0.2) is 41.0 Å². The number of furan rings is 1. The third-order valence-electron chi connectivity index (χ3n) is 5.77. The SMILES string of the molecule is CCOC(=O)c1c(C(=O)OCC)c(C(=O)OCC)c2c([nH]c3ccc(-c4ccco4)cc32)c1C(=O)OCC. The van der Waals surface area contributed by atoms with Crippen molar-refractivity contribution in [1.29, 1.82) is 0 Å². The Balaban J connectivity index is 2.26. The van der Waals surface area contributed by atoms with E-state index in [4.69, 9.17) is 23.4 Å². The number of carbonyl (C=O) groups is 4. The molecule has 10 heteroatoms. The van der Waals surface area contributed by atoms with E-state index in [1.807, 2.05) is 0 Å². The van der Waals surface area contributed by atoms with Crippen molar-refractivity contribution in [2.45, 2.75) is 27.7 Å². The number of esters is 4. The van der Waals surface area contributed by atoms with Crippen LogP contribution in [0.5, 0.6) is 0 Å². The first-order valence-corrected chi connectivity index (χ1v) is 12.2. The minimum Gasteiger partial charge on any atom is -0.464 e. The quantitative estimate of drug-likeness (QED) is 0.230.